The Labute approximate surface area is 150 Å². The van der Waals surface area contributed by atoms with Gasteiger partial charge < -0.3 is 15.2 Å². The summed E-state index contributed by atoms with van der Waals surface area (Å²) >= 11 is 0. The number of aryl methyl sites for hydroxylation is 1. The average molecular weight is 343 g/mol. The standard InChI is InChI=1S/C19H29N5O/c1-4-6-7-12-21-19(20-3)22-14-15-10-8-11-16(13-15)18-23-17(9-5-2)24-25-18/h8,10-11,13H,4-7,9,12,14H2,1-3H3,(H2,20,21,22). The van der Waals surface area contributed by atoms with E-state index in [-0.39, 0.29) is 0 Å². The van der Waals surface area contributed by atoms with Gasteiger partial charge in [-0.15, -0.1) is 0 Å². The number of nitrogens with zero attached hydrogens (tertiary/aromatic N) is 3. The van der Waals surface area contributed by atoms with Crippen LogP contribution in [-0.4, -0.2) is 29.7 Å². The fourth-order valence-corrected chi connectivity index (χ4v) is 2.50. The maximum absolute atomic E-state index is 5.36. The van der Waals surface area contributed by atoms with Crippen molar-refractivity contribution in [2.24, 2.45) is 4.99 Å². The fraction of sp³-hybridized carbons (Fsp3) is 0.526. The Kier molecular flexibility index (Phi) is 7.95. The molecule has 0 aliphatic rings. The molecule has 0 amide bonds. The lowest BCUT2D eigenvalue weighted by Crippen LogP contribution is -2.37. The minimum Gasteiger partial charge on any atom is -0.356 e. The van der Waals surface area contributed by atoms with E-state index in [0.717, 1.165) is 48.7 Å². The van der Waals surface area contributed by atoms with Crippen molar-refractivity contribution in [2.75, 3.05) is 13.6 Å². The zero-order chi connectivity index (χ0) is 17.9. The van der Waals surface area contributed by atoms with Crippen LogP contribution in [0.1, 0.15) is 50.9 Å². The largest absolute Gasteiger partial charge is 0.356 e. The maximum atomic E-state index is 5.36. The van der Waals surface area contributed by atoms with Crippen molar-refractivity contribution in [2.45, 2.75) is 52.5 Å². The molecule has 1 aromatic carbocycles. The molecule has 0 aliphatic heterocycles. The molecule has 2 rings (SSSR count). The van der Waals surface area contributed by atoms with E-state index in [1.54, 1.807) is 7.05 Å². The molecular weight excluding hydrogens is 314 g/mol. The SMILES string of the molecule is CCCCCNC(=NC)NCc1cccc(-c2nc(CCC)no2)c1. The molecule has 25 heavy (non-hydrogen) atoms. The van der Waals surface area contributed by atoms with Gasteiger partial charge in [-0.1, -0.05) is 44.0 Å². The number of aromatic nitrogens is 2. The first kappa shape index (κ1) is 19.0. The van der Waals surface area contributed by atoms with E-state index in [0.29, 0.717) is 12.4 Å². The molecule has 6 heteroatoms. The summed E-state index contributed by atoms with van der Waals surface area (Å²) in [5.41, 5.74) is 2.09. The van der Waals surface area contributed by atoms with Crippen LogP contribution in [0, 0.1) is 0 Å². The van der Waals surface area contributed by atoms with Crippen molar-refractivity contribution < 1.29 is 4.52 Å². The molecule has 1 aromatic heterocycles. The van der Waals surface area contributed by atoms with Crippen LogP contribution < -0.4 is 10.6 Å². The van der Waals surface area contributed by atoms with Crippen LogP contribution in [0.25, 0.3) is 11.5 Å². The lowest BCUT2D eigenvalue weighted by atomic mass is 10.1. The quantitative estimate of drug-likeness (QED) is 0.414. The predicted octanol–water partition coefficient (Wildman–Crippen LogP) is 3.54. The summed E-state index contributed by atoms with van der Waals surface area (Å²) < 4.78 is 5.36. The molecule has 1 heterocycles. The Balaban J connectivity index is 1.91. The van der Waals surface area contributed by atoms with E-state index in [4.69, 9.17) is 4.52 Å². The number of hydrogen-bond donors (Lipinski definition) is 2. The first-order valence-corrected chi connectivity index (χ1v) is 9.13. The number of hydrogen-bond acceptors (Lipinski definition) is 4. The highest BCUT2D eigenvalue weighted by Crippen LogP contribution is 2.18. The molecule has 0 unspecified atom stereocenters. The molecule has 0 spiro atoms. The van der Waals surface area contributed by atoms with Gasteiger partial charge in [-0.3, -0.25) is 4.99 Å². The second-order valence-electron chi connectivity index (χ2n) is 6.03. The van der Waals surface area contributed by atoms with E-state index in [1.807, 2.05) is 12.1 Å². The predicted molar refractivity (Wildman–Crippen MR) is 101 cm³/mol. The first-order chi connectivity index (χ1) is 12.3. The number of guanidine groups is 1. The third-order valence-electron chi connectivity index (χ3n) is 3.87. The lowest BCUT2D eigenvalue weighted by Gasteiger charge is -2.12. The fourth-order valence-electron chi connectivity index (χ4n) is 2.50. The van der Waals surface area contributed by atoms with Gasteiger partial charge in [0, 0.05) is 32.1 Å². The third kappa shape index (κ3) is 6.21. The minimum absolute atomic E-state index is 0.576. The minimum atomic E-state index is 0.576. The molecule has 0 saturated heterocycles. The van der Waals surface area contributed by atoms with E-state index in [1.165, 1.54) is 12.8 Å². The molecular formula is C19H29N5O. The Bertz CT molecular complexity index is 665. The highest BCUT2D eigenvalue weighted by Gasteiger charge is 2.09. The van der Waals surface area contributed by atoms with Crippen LogP contribution in [0.5, 0.6) is 0 Å². The van der Waals surface area contributed by atoms with Crippen molar-refractivity contribution in [3.63, 3.8) is 0 Å². The Morgan fingerprint density at radius 3 is 2.80 bits per heavy atom. The van der Waals surface area contributed by atoms with Gasteiger partial charge in [0.25, 0.3) is 5.89 Å². The van der Waals surface area contributed by atoms with Crippen LogP contribution in [0.3, 0.4) is 0 Å². The van der Waals surface area contributed by atoms with Gasteiger partial charge in [-0.2, -0.15) is 4.98 Å². The van der Waals surface area contributed by atoms with Crippen LogP contribution in [0.15, 0.2) is 33.8 Å². The Morgan fingerprint density at radius 1 is 1.16 bits per heavy atom. The normalized spacial score (nSPS) is 11.6. The number of nitrogens with one attached hydrogen (secondary N) is 2. The summed E-state index contributed by atoms with van der Waals surface area (Å²) in [7, 11) is 1.79. The van der Waals surface area contributed by atoms with Crippen molar-refractivity contribution in [3.8, 4) is 11.5 Å². The van der Waals surface area contributed by atoms with Gasteiger partial charge in [0.2, 0.25) is 0 Å². The highest BCUT2D eigenvalue weighted by molar-refractivity contribution is 5.79. The van der Waals surface area contributed by atoms with Gasteiger partial charge >= 0.3 is 0 Å². The summed E-state index contributed by atoms with van der Waals surface area (Å²) in [4.78, 5) is 8.71. The molecule has 0 radical (unpaired) electrons. The van der Waals surface area contributed by atoms with Crippen LogP contribution in [-0.2, 0) is 13.0 Å². The Morgan fingerprint density at radius 2 is 2.04 bits per heavy atom. The smallest absolute Gasteiger partial charge is 0.257 e. The summed E-state index contributed by atoms with van der Waals surface area (Å²) in [6, 6.07) is 8.14. The van der Waals surface area contributed by atoms with Crippen LogP contribution in [0.4, 0.5) is 0 Å². The molecule has 0 aliphatic carbocycles. The molecule has 0 bridgehead atoms. The second kappa shape index (κ2) is 10.5. The molecule has 136 valence electrons. The zero-order valence-corrected chi connectivity index (χ0v) is 15.5. The van der Waals surface area contributed by atoms with Crippen LogP contribution in [0.2, 0.25) is 0 Å². The molecule has 0 saturated carbocycles. The Hall–Kier alpha value is -2.37. The molecule has 0 fully saturated rings. The number of unbranched alkanes of at least 4 members (excludes halogenated alkanes) is 2. The summed E-state index contributed by atoms with van der Waals surface area (Å²) in [6.07, 6.45) is 5.45. The van der Waals surface area contributed by atoms with Crippen molar-refractivity contribution in [1.29, 1.82) is 0 Å². The highest BCUT2D eigenvalue weighted by atomic mass is 16.5. The summed E-state index contributed by atoms with van der Waals surface area (Å²) in [5, 5.41) is 10.7. The van der Waals surface area contributed by atoms with Gasteiger partial charge in [0.15, 0.2) is 11.8 Å². The maximum Gasteiger partial charge on any atom is 0.257 e. The second-order valence-corrected chi connectivity index (χ2v) is 6.03. The molecule has 2 aromatic rings. The molecule has 6 nitrogen and oxygen atoms in total. The van der Waals surface area contributed by atoms with Crippen molar-refractivity contribution in [1.82, 2.24) is 20.8 Å². The van der Waals surface area contributed by atoms with E-state index in [2.05, 4.69) is 51.7 Å². The van der Waals surface area contributed by atoms with Gasteiger partial charge in [-0.25, -0.2) is 0 Å². The van der Waals surface area contributed by atoms with E-state index in [9.17, 15) is 0 Å². The van der Waals surface area contributed by atoms with Crippen molar-refractivity contribution >= 4 is 5.96 Å². The monoisotopic (exact) mass is 343 g/mol. The van der Waals surface area contributed by atoms with Gasteiger partial charge in [-0.05, 0) is 30.5 Å². The summed E-state index contributed by atoms with van der Waals surface area (Å²) in [5.74, 6) is 2.16. The van der Waals surface area contributed by atoms with E-state index >= 15 is 0 Å². The third-order valence-corrected chi connectivity index (χ3v) is 3.87. The van der Waals surface area contributed by atoms with Gasteiger partial charge in [0.1, 0.15) is 0 Å². The van der Waals surface area contributed by atoms with E-state index < -0.39 is 0 Å². The van der Waals surface area contributed by atoms with Gasteiger partial charge in [0.05, 0.1) is 0 Å². The average Bonchev–Trinajstić information content (AvgIpc) is 3.10. The number of aliphatic imine (C=N–C) groups is 1. The lowest BCUT2D eigenvalue weighted by molar-refractivity contribution is 0.422. The summed E-state index contributed by atoms with van der Waals surface area (Å²) in [6.45, 7) is 5.94. The number of rotatable bonds is 9. The first-order valence-electron chi connectivity index (χ1n) is 9.13. The number of benzene rings is 1. The van der Waals surface area contributed by atoms with Crippen molar-refractivity contribution in [3.05, 3.63) is 35.7 Å². The van der Waals surface area contributed by atoms with Crippen LogP contribution >= 0.6 is 0 Å². The zero-order valence-electron chi connectivity index (χ0n) is 15.5. The molecule has 0 atom stereocenters. The topological polar surface area (TPSA) is 75.3 Å². The molecule has 2 N–H and O–H groups in total.